The van der Waals surface area contributed by atoms with E-state index in [1.165, 1.54) is 5.01 Å². The Bertz CT molecular complexity index is 1120. The van der Waals surface area contributed by atoms with Gasteiger partial charge < -0.3 is 25.2 Å². The lowest BCUT2D eigenvalue weighted by Crippen LogP contribution is -2.42. The number of hydrogen-bond acceptors (Lipinski definition) is 6. The second kappa shape index (κ2) is 14.4. The van der Waals surface area contributed by atoms with Crippen molar-refractivity contribution < 1.29 is 24.2 Å². The molecule has 2 unspecified atom stereocenters. The maximum absolute atomic E-state index is 12.8. The molecule has 3 amide bonds. The average Bonchev–Trinajstić information content (AvgIpc) is 3.08. The van der Waals surface area contributed by atoms with Crippen LogP contribution in [-0.2, 0) is 6.42 Å². The Morgan fingerprint density at radius 2 is 1.89 bits per heavy atom. The first kappa shape index (κ1) is 30.6. The highest BCUT2D eigenvalue weighted by Gasteiger charge is 2.30. The van der Waals surface area contributed by atoms with Crippen LogP contribution in [0.2, 0.25) is 0 Å². The molecule has 0 bridgehead atoms. The Kier molecular flexibility index (Phi) is 11.6. The molecular formula is C29H42N4O5. The van der Waals surface area contributed by atoms with Gasteiger partial charge in [-0.1, -0.05) is 33.4 Å². The number of carbonyl (C=O) groups excluding carboxylic acids is 2. The van der Waals surface area contributed by atoms with E-state index in [9.17, 15) is 14.7 Å². The highest BCUT2D eigenvalue weighted by atomic mass is 16.5. The van der Waals surface area contributed by atoms with E-state index in [2.05, 4.69) is 10.6 Å². The molecule has 0 saturated carbocycles. The van der Waals surface area contributed by atoms with E-state index in [0.717, 1.165) is 16.7 Å². The summed E-state index contributed by atoms with van der Waals surface area (Å²) < 4.78 is 11.4. The predicted molar refractivity (Wildman–Crippen MR) is 150 cm³/mol. The number of nitrogens with zero attached hydrogens (tertiary/aromatic N) is 2. The Balaban J connectivity index is 0.00000507. The molecule has 2 aromatic carbocycles. The molecule has 0 spiro atoms. The molecule has 9 heteroatoms. The van der Waals surface area contributed by atoms with Crippen LogP contribution in [0.1, 0.15) is 68.1 Å². The van der Waals surface area contributed by atoms with Gasteiger partial charge in [0.1, 0.15) is 0 Å². The molecule has 0 fully saturated rings. The van der Waals surface area contributed by atoms with Crippen molar-refractivity contribution in [2.75, 3.05) is 33.9 Å². The van der Waals surface area contributed by atoms with Gasteiger partial charge >= 0.3 is 6.03 Å². The molecule has 0 saturated heterocycles. The largest absolute Gasteiger partial charge is 0.493 e. The van der Waals surface area contributed by atoms with Crippen LogP contribution in [0.3, 0.4) is 0 Å². The topological polar surface area (TPSA) is 112 Å². The number of hydrogen-bond donors (Lipinski definition) is 3. The summed E-state index contributed by atoms with van der Waals surface area (Å²) >= 11 is 0. The first-order valence-electron chi connectivity index (χ1n) is 12.8. The summed E-state index contributed by atoms with van der Waals surface area (Å²) in [5.74, 6) is 1.18. The Hall–Kier alpha value is -3.59. The van der Waals surface area contributed by atoms with Crippen LogP contribution in [0.5, 0.6) is 11.5 Å². The lowest BCUT2D eigenvalue weighted by atomic mass is 9.92. The van der Waals surface area contributed by atoms with Gasteiger partial charge in [-0.15, -0.1) is 0 Å². The Morgan fingerprint density at radius 1 is 1.18 bits per heavy atom. The van der Waals surface area contributed by atoms with Crippen LogP contribution >= 0.6 is 0 Å². The fourth-order valence-corrected chi connectivity index (χ4v) is 4.26. The second-order valence-electron chi connectivity index (χ2n) is 9.12. The number of fused-ring (bicyclic) bond motifs is 1. The molecule has 208 valence electrons. The van der Waals surface area contributed by atoms with E-state index in [4.69, 9.17) is 14.6 Å². The van der Waals surface area contributed by atoms with Gasteiger partial charge in [0.05, 0.1) is 25.5 Å². The fraction of sp³-hybridized carbons (Fsp3) is 0.483. The summed E-state index contributed by atoms with van der Waals surface area (Å²) in [6.07, 6.45) is 2.02. The zero-order valence-electron chi connectivity index (χ0n) is 22.3. The first-order valence-corrected chi connectivity index (χ1v) is 12.8. The second-order valence-corrected chi connectivity index (χ2v) is 9.12. The quantitative estimate of drug-likeness (QED) is 0.429. The van der Waals surface area contributed by atoms with Gasteiger partial charge in [0, 0.05) is 36.9 Å². The molecule has 0 aliphatic carbocycles. The number of methoxy groups -OCH3 is 1. The van der Waals surface area contributed by atoms with Gasteiger partial charge in [0.15, 0.2) is 11.5 Å². The van der Waals surface area contributed by atoms with Crippen molar-refractivity contribution in [2.45, 2.75) is 53.5 Å². The molecule has 2 atom stereocenters. The van der Waals surface area contributed by atoms with E-state index < -0.39 is 0 Å². The number of nitrogens with one attached hydrogen (secondary N) is 2. The molecule has 1 aliphatic rings. The van der Waals surface area contributed by atoms with Gasteiger partial charge in [-0.2, -0.15) is 5.10 Å². The van der Waals surface area contributed by atoms with Crippen molar-refractivity contribution >= 4 is 17.6 Å². The molecule has 0 radical (unpaired) electrons. The lowest BCUT2D eigenvalue weighted by Gasteiger charge is -2.25. The summed E-state index contributed by atoms with van der Waals surface area (Å²) in [5, 5.41) is 21.1. The number of aliphatic hydroxyl groups is 1. The molecule has 3 rings (SSSR count). The summed E-state index contributed by atoms with van der Waals surface area (Å²) in [7, 11) is 3.20. The number of carbonyl (C=O) groups is 2. The van der Waals surface area contributed by atoms with Gasteiger partial charge in [0.25, 0.3) is 5.91 Å². The van der Waals surface area contributed by atoms with E-state index in [1.54, 1.807) is 26.3 Å². The molecular weight excluding hydrogens is 484 g/mol. The first-order chi connectivity index (χ1) is 17.9. The molecule has 1 heterocycles. The molecule has 0 aromatic heterocycles. The Labute approximate surface area is 226 Å². The minimum atomic E-state index is -0.290. The summed E-state index contributed by atoms with van der Waals surface area (Å²) in [6, 6.07) is 10.6. The van der Waals surface area contributed by atoms with Crippen molar-refractivity contribution in [1.29, 1.82) is 0 Å². The van der Waals surface area contributed by atoms with Crippen molar-refractivity contribution in [1.82, 2.24) is 15.6 Å². The van der Waals surface area contributed by atoms with Gasteiger partial charge in [-0.25, -0.2) is 9.80 Å². The molecule has 38 heavy (non-hydrogen) atoms. The number of amides is 3. The summed E-state index contributed by atoms with van der Waals surface area (Å²) in [6.45, 7) is 6.94. The number of ether oxygens (including phenoxy) is 2. The monoisotopic (exact) mass is 526 g/mol. The lowest BCUT2D eigenvalue weighted by molar-refractivity contribution is 0.0949. The van der Waals surface area contributed by atoms with Crippen LogP contribution in [-0.4, -0.2) is 67.7 Å². The van der Waals surface area contributed by atoms with Crippen LogP contribution in [0, 0.1) is 5.92 Å². The zero-order valence-corrected chi connectivity index (χ0v) is 22.3. The number of hydrazone groups is 1. The van der Waals surface area contributed by atoms with Crippen LogP contribution < -0.4 is 20.1 Å². The van der Waals surface area contributed by atoms with Crippen molar-refractivity contribution in [3.63, 3.8) is 0 Å². The van der Waals surface area contributed by atoms with Gasteiger partial charge in [0.2, 0.25) is 0 Å². The van der Waals surface area contributed by atoms with Crippen molar-refractivity contribution in [3.05, 3.63) is 58.7 Å². The molecule has 9 nitrogen and oxygen atoms in total. The van der Waals surface area contributed by atoms with E-state index in [-0.39, 0.29) is 37.9 Å². The fourth-order valence-electron chi connectivity index (χ4n) is 4.26. The molecule has 1 aliphatic heterocycles. The van der Waals surface area contributed by atoms with Crippen LogP contribution in [0.4, 0.5) is 4.79 Å². The average molecular weight is 527 g/mol. The third kappa shape index (κ3) is 7.04. The summed E-state index contributed by atoms with van der Waals surface area (Å²) in [5.41, 5.74) is 3.75. The van der Waals surface area contributed by atoms with Crippen LogP contribution in [0.15, 0.2) is 41.5 Å². The molecule has 3 N–H and O–H groups in total. The van der Waals surface area contributed by atoms with E-state index >= 15 is 0 Å². The number of benzene rings is 2. The minimum absolute atomic E-state index is 0. The van der Waals surface area contributed by atoms with Crippen molar-refractivity contribution in [3.8, 4) is 11.5 Å². The third-order valence-electron chi connectivity index (χ3n) is 6.50. The smallest absolute Gasteiger partial charge is 0.337 e. The number of rotatable bonds is 10. The third-order valence-corrected chi connectivity index (χ3v) is 6.50. The normalized spacial score (nSPS) is 15.3. The van der Waals surface area contributed by atoms with Crippen molar-refractivity contribution in [2.24, 2.45) is 11.0 Å². The van der Waals surface area contributed by atoms with Crippen LogP contribution in [0.25, 0.3) is 0 Å². The zero-order chi connectivity index (χ0) is 26.9. The van der Waals surface area contributed by atoms with Gasteiger partial charge in [-0.05, 0) is 61.9 Å². The SMILES string of the molecule is C.CCOc1cc2c(cc1OC)CC(CC)N(C(=O)NC)N=C2c1ccc(C(=O)NCCC(C)CO)cc1. The van der Waals surface area contributed by atoms with E-state index in [1.807, 2.05) is 45.0 Å². The highest BCUT2D eigenvalue weighted by Crippen LogP contribution is 2.35. The Morgan fingerprint density at radius 3 is 2.47 bits per heavy atom. The minimum Gasteiger partial charge on any atom is -0.493 e. The molecule has 2 aromatic rings. The maximum Gasteiger partial charge on any atom is 0.337 e. The maximum atomic E-state index is 12.8. The van der Waals surface area contributed by atoms with Gasteiger partial charge in [-0.3, -0.25) is 4.79 Å². The number of urea groups is 1. The summed E-state index contributed by atoms with van der Waals surface area (Å²) in [4.78, 5) is 25.4. The number of aliphatic hydroxyl groups excluding tert-OH is 1. The standard InChI is InChI=1S/C28H38N4O5.CH4/c1-6-22-14-21-15-24(36-5)25(37-7-2)16-23(21)26(31-32(22)28(35)29-4)19-8-10-20(11-9-19)27(34)30-13-12-18(3)17-33;/h8-11,15-16,18,22,33H,6-7,12-14,17H2,1-5H3,(H,29,35)(H,30,34);1H4. The highest BCUT2D eigenvalue weighted by molar-refractivity contribution is 6.15. The van der Waals surface area contributed by atoms with E-state index in [0.29, 0.717) is 55.2 Å². The predicted octanol–water partition coefficient (Wildman–Crippen LogP) is 4.21.